The molecule has 0 saturated carbocycles. The van der Waals surface area contributed by atoms with E-state index >= 15 is 0 Å². The van der Waals surface area contributed by atoms with Crippen molar-refractivity contribution in [3.63, 3.8) is 0 Å². The lowest BCUT2D eigenvalue weighted by Gasteiger charge is -2.19. The van der Waals surface area contributed by atoms with Crippen molar-refractivity contribution in [1.29, 1.82) is 0 Å². The van der Waals surface area contributed by atoms with E-state index < -0.39 is 18.1 Å². The number of rotatable bonds is 9. The topological polar surface area (TPSA) is 109 Å². The monoisotopic (exact) mass is 389 g/mol. The molecule has 3 amide bonds. The molecule has 0 bridgehead atoms. The summed E-state index contributed by atoms with van der Waals surface area (Å²) in [5, 5.41) is 15.1. The highest BCUT2D eigenvalue weighted by molar-refractivity contribution is 6.05. The molecule has 2 atom stereocenters. The number of allylic oxidation sites excluding steroid dienone is 1. The second kappa shape index (κ2) is 10.6. The highest BCUT2D eigenvalue weighted by atomic mass is 16.5. The number of hydrogen-bond acceptors (Lipinski definition) is 5. The third-order valence-electron chi connectivity index (χ3n) is 4.27. The van der Waals surface area contributed by atoms with Crippen molar-refractivity contribution in [2.45, 2.75) is 26.6 Å². The van der Waals surface area contributed by atoms with Gasteiger partial charge in [-0.1, -0.05) is 17.7 Å². The zero-order valence-electron chi connectivity index (χ0n) is 16.4. The lowest BCUT2D eigenvalue weighted by molar-refractivity contribution is -0.120. The molecule has 1 aromatic rings. The van der Waals surface area contributed by atoms with Gasteiger partial charge >= 0.3 is 6.03 Å². The fourth-order valence-corrected chi connectivity index (χ4v) is 2.72. The third kappa shape index (κ3) is 6.79. The van der Waals surface area contributed by atoms with Crippen molar-refractivity contribution in [3.05, 3.63) is 41.5 Å². The molecule has 1 aliphatic heterocycles. The van der Waals surface area contributed by atoms with Gasteiger partial charge in [-0.25, -0.2) is 9.79 Å². The Morgan fingerprint density at radius 1 is 1.25 bits per heavy atom. The van der Waals surface area contributed by atoms with Crippen molar-refractivity contribution in [3.8, 4) is 5.75 Å². The number of aliphatic hydroxyl groups is 1. The van der Waals surface area contributed by atoms with E-state index in [4.69, 9.17) is 9.47 Å². The summed E-state index contributed by atoms with van der Waals surface area (Å²) in [6.45, 7) is 4.24. The Hall–Kier alpha value is -2.71. The van der Waals surface area contributed by atoms with Gasteiger partial charge in [0.2, 0.25) is 0 Å². The number of ether oxygens (including phenoxy) is 2. The first kappa shape index (κ1) is 21.6. The minimum absolute atomic E-state index is 0.0408. The Morgan fingerprint density at radius 2 is 1.96 bits per heavy atom. The Morgan fingerprint density at radius 3 is 2.61 bits per heavy atom. The van der Waals surface area contributed by atoms with Crippen LogP contribution in [0.25, 0.3) is 0 Å². The molecular formula is C20H27N3O5. The summed E-state index contributed by atoms with van der Waals surface area (Å²) in [6, 6.07) is 6.97. The molecule has 8 heteroatoms. The predicted molar refractivity (Wildman–Crippen MR) is 105 cm³/mol. The van der Waals surface area contributed by atoms with E-state index in [0.29, 0.717) is 12.3 Å². The first-order valence-corrected chi connectivity index (χ1v) is 9.06. The molecule has 2 rings (SSSR count). The SMILES string of the molecule is COc1ccc(COCC(O)CNC(=O)NCC2C(=O)N=C(C)C=C2C)cc1. The van der Waals surface area contributed by atoms with Crippen LogP contribution in [0.15, 0.2) is 40.9 Å². The largest absolute Gasteiger partial charge is 0.497 e. The lowest BCUT2D eigenvalue weighted by Crippen LogP contribution is -2.43. The normalized spacial score (nSPS) is 17.4. The average molecular weight is 389 g/mol. The second-order valence-corrected chi connectivity index (χ2v) is 6.64. The van der Waals surface area contributed by atoms with E-state index in [0.717, 1.165) is 16.9 Å². The molecule has 0 spiro atoms. The van der Waals surface area contributed by atoms with Crippen molar-refractivity contribution in [2.75, 3.05) is 26.8 Å². The quantitative estimate of drug-likeness (QED) is 0.592. The fraction of sp³-hybridized carbons (Fsp3) is 0.450. The van der Waals surface area contributed by atoms with Gasteiger partial charge in [0.05, 0.1) is 32.3 Å². The Labute approximate surface area is 164 Å². The molecular weight excluding hydrogens is 362 g/mol. The minimum Gasteiger partial charge on any atom is -0.497 e. The minimum atomic E-state index is -0.839. The maximum absolute atomic E-state index is 11.9. The van der Waals surface area contributed by atoms with Gasteiger partial charge < -0.3 is 25.2 Å². The molecule has 8 nitrogen and oxygen atoms in total. The maximum Gasteiger partial charge on any atom is 0.314 e. The number of hydrogen-bond donors (Lipinski definition) is 3. The summed E-state index contributed by atoms with van der Waals surface area (Å²) in [5.41, 5.74) is 2.49. The van der Waals surface area contributed by atoms with Crippen LogP contribution in [-0.2, 0) is 16.1 Å². The smallest absolute Gasteiger partial charge is 0.314 e. The summed E-state index contributed by atoms with van der Waals surface area (Å²) in [5.74, 6) is 0.0542. The molecule has 0 aromatic heterocycles. The Balaban J connectivity index is 1.62. The predicted octanol–water partition coefficient (Wildman–Crippen LogP) is 1.44. The van der Waals surface area contributed by atoms with Crippen molar-refractivity contribution in [2.24, 2.45) is 10.9 Å². The summed E-state index contributed by atoms with van der Waals surface area (Å²) < 4.78 is 10.5. The number of amides is 3. The molecule has 0 radical (unpaired) electrons. The van der Waals surface area contributed by atoms with Gasteiger partial charge in [0.15, 0.2) is 0 Å². The second-order valence-electron chi connectivity index (χ2n) is 6.64. The molecule has 152 valence electrons. The average Bonchev–Trinajstić information content (AvgIpc) is 2.66. The number of carbonyl (C=O) groups is 2. The summed E-state index contributed by atoms with van der Waals surface area (Å²) in [7, 11) is 1.60. The van der Waals surface area contributed by atoms with Crippen molar-refractivity contribution >= 4 is 17.6 Å². The van der Waals surface area contributed by atoms with Crippen LogP contribution in [0.1, 0.15) is 19.4 Å². The fourth-order valence-electron chi connectivity index (χ4n) is 2.72. The molecule has 1 heterocycles. The van der Waals surface area contributed by atoms with Crippen LogP contribution in [0.3, 0.4) is 0 Å². The van der Waals surface area contributed by atoms with E-state index in [-0.39, 0.29) is 25.6 Å². The number of carbonyl (C=O) groups excluding carboxylic acids is 2. The van der Waals surface area contributed by atoms with Crippen molar-refractivity contribution in [1.82, 2.24) is 10.6 Å². The van der Waals surface area contributed by atoms with Gasteiger partial charge in [0.1, 0.15) is 5.75 Å². The summed E-state index contributed by atoms with van der Waals surface area (Å²) in [6.07, 6.45) is 0.990. The van der Waals surface area contributed by atoms with Crippen LogP contribution in [0, 0.1) is 5.92 Å². The van der Waals surface area contributed by atoms with Gasteiger partial charge in [0, 0.05) is 18.8 Å². The Bertz CT molecular complexity index is 743. The highest BCUT2D eigenvalue weighted by Crippen LogP contribution is 2.16. The van der Waals surface area contributed by atoms with Gasteiger partial charge in [-0.3, -0.25) is 4.79 Å². The zero-order valence-corrected chi connectivity index (χ0v) is 16.4. The van der Waals surface area contributed by atoms with Crippen molar-refractivity contribution < 1.29 is 24.2 Å². The number of benzene rings is 1. The molecule has 28 heavy (non-hydrogen) atoms. The van der Waals surface area contributed by atoms with E-state index in [2.05, 4.69) is 15.6 Å². The van der Waals surface area contributed by atoms with E-state index in [1.807, 2.05) is 37.3 Å². The highest BCUT2D eigenvalue weighted by Gasteiger charge is 2.23. The number of nitrogens with one attached hydrogen (secondary N) is 2. The van der Waals surface area contributed by atoms with E-state index in [1.165, 1.54) is 0 Å². The first-order valence-electron chi connectivity index (χ1n) is 9.06. The molecule has 0 fully saturated rings. The molecule has 2 unspecified atom stereocenters. The van der Waals surface area contributed by atoms with Gasteiger partial charge in [-0.15, -0.1) is 0 Å². The van der Waals surface area contributed by atoms with E-state index in [9.17, 15) is 14.7 Å². The first-order chi connectivity index (χ1) is 13.4. The molecule has 0 saturated heterocycles. The van der Waals surface area contributed by atoms with Crippen LogP contribution in [0.4, 0.5) is 4.79 Å². The number of aliphatic imine (C=N–C) groups is 1. The van der Waals surface area contributed by atoms with Crippen LogP contribution >= 0.6 is 0 Å². The number of aliphatic hydroxyl groups excluding tert-OH is 1. The number of methoxy groups -OCH3 is 1. The maximum atomic E-state index is 11.9. The zero-order chi connectivity index (χ0) is 20.5. The number of dihydropyridines is 1. The Kier molecular flexibility index (Phi) is 8.16. The summed E-state index contributed by atoms with van der Waals surface area (Å²) in [4.78, 5) is 27.7. The summed E-state index contributed by atoms with van der Waals surface area (Å²) >= 11 is 0. The van der Waals surface area contributed by atoms with Crippen LogP contribution in [-0.4, -0.2) is 55.7 Å². The van der Waals surface area contributed by atoms with Gasteiger partial charge in [0.25, 0.3) is 5.91 Å². The van der Waals surface area contributed by atoms with Gasteiger partial charge in [-0.2, -0.15) is 0 Å². The molecule has 0 aliphatic carbocycles. The molecule has 1 aliphatic rings. The van der Waals surface area contributed by atoms with E-state index in [1.54, 1.807) is 14.0 Å². The molecule has 1 aromatic carbocycles. The lowest BCUT2D eigenvalue weighted by atomic mass is 9.96. The third-order valence-corrected chi connectivity index (χ3v) is 4.27. The van der Waals surface area contributed by atoms with Crippen LogP contribution in [0.2, 0.25) is 0 Å². The molecule has 3 N–H and O–H groups in total. The van der Waals surface area contributed by atoms with Crippen LogP contribution < -0.4 is 15.4 Å². The van der Waals surface area contributed by atoms with Crippen LogP contribution in [0.5, 0.6) is 5.75 Å². The number of urea groups is 1. The standard InChI is InChI=1S/C20H27N3O5/c1-13-8-14(2)23-19(25)18(13)10-22-20(26)21-9-16(24)12-28-11-15-4-6-17(27-3)7-5-15/h4-8,16,18,24H,9-12H2,1-3H3,(H2,21,22,26). The van der Waals surface area contributed by atoms with Gasteiger partial charge in [-0.05, 0) is 37.6 Å². The number of nitrogens with zero attached hydrogens (tertiary/aromatic N) is 1.